The van der Waals surface area contributed by atoms with Crippen LogP contribution < -0.4 is 19.7 Å². The number of anilines is 3. The van der Waals surface area contributed by atoms with Crippen molar-refractivity contribution in [3.05, 3.63) is 77.0 Å². The van der Waals surface area contributed by atoms with Crippen LogP contribution in [-0.2, 0) is 6.42 Å². The van der Waals surface area contributed by atoms with Gasteiger partial charge in [-0.05, 0) is 49.1 Å². The monoisotopic (exact) mass is 556 g/mol. The van der Waals surface area contributed by atoms with Crippen LogP contribution in [0.2, 0.25) is 5.15 Å². The van der Waals surface area contributed by atoms with E-state index in [1.165, 1.54) is 12.1 Å². The molecular formula is C27H24ClF3N6O2. The fraction of sp³-hybridized carbons (Fsp3) is 0.296. The van der Waals surface area contributed by atoms with E-state index in [2.05, 4.69) is 19.9 Å². The predicted octanol–water partition coefficient (Wildman–Crippen LogP) is 6.25. The molecule has 1 atom stereocenters. The Kier molecular flexibility index (Phi) is 6.46. The lowest BCUT2D eigenvalue weighted by atomic mass is 9.96. The van der Waals surface area contributed by atoms with E-state index in [1.54, 1.807) is 36.3 Å². The first kappa shape index (κ1) is 25.3. The molecule has 3 heterocycles. The third-order valence-electron chi connectivity index (χ3n) is 6.97. The second kappa shape index (κ2) is 9.96. The van der Waals surface area contributed by atoms with Crippen LogP contribution in [0.25, 0.3) is 5.69 Å². The Balaban J connectivity index is 1.32. The lowest BCUT2D eigenvalue weighted by Gasteiger charge is -2.33. The maximum atomic E-state index is 12.6. The summed E-state index contributed by atoms with van der Waals surface area (Å²) in [5.41, 5.74) is 4.37. The normalized spacial score (nSPS) is 16.5. The summed E-state index contributed by atoms with van der Waals surface area (Å²) >= 11 is 5.98. The number of aromatic nitrogens is 4. The van der Waals surface area contributed by atoms with Gasteiger partial charge in [-0.15, -0.1) is 13.2 Å². The zero-order chi connectivity index (χ0) is 27.1. The number of rotatable bonds is 7. The summed E-state index contributed by atoms with van der Waals surface area (Å²) in [4.78, 5) is 16.1. The molecule has 1 aliphatic heterocycles. The summed E-state index contributed by atoms with van der Waals surface area (Å²) in [6, 6.07) is 11.7. The molecule has 1 aliphatic carbocycles. The highest BCUT2D eigenvalue weighted by Gasteiger charge is 2.34. The highest BCUT2D eigenvalue weighted by molar-refractivity contribution is 6.29. The van der Waals surface area contributed by atoms with E-state index < -0.39 is 6.36 Å². The van der Waals surface area contributed by atoms with Crippen molar-refractivity contribution in [2.24, 2.45) is 0 Å². The lowest BCUT2D eigenvalue weighted by molar-refractivity contribution is -0.274. The van der Waals surface area contributed by atoms with Crippen LogP contribution in [0.15, 0.2) is 55.0 Å². The number of benzene rings is 2. The average Bonchev–Trinajstić information content (AvgIpc) is 3.49. The molecular weight excluding hydrogens is 533 g/mol. The summed E-state index contributed by atoms with van der Waals surface area (Å²) in [5, 5.41) is 3.69. The SMILES string of the molecule is COc1cc(Nc2nc3c(c(N4CCC4)n2)CC[C@@H]3c2ccc(OC(F)(F)F)cc2)ccc1-n1cnc(Cl)c1. The summed E-state index contributed by atoms with van der Waals surface area (Å²) in [6.45, 7) is 1.85. The van der Waals surface area contributed by atoms with Gasteiger partial charge in [0.1, 0.15) is 28.8 Å². The van der Waals surface area contributed by atoms with E-state index in [0.29, 0.717) is 16.9 Å². The predicted molar refractivity (Wildman–Crippen MR) is 141 cm³/mol. The number of hydrogen-bond acceptors (Lipinski definition) is 7. The van der Waals surface area contributed by atoms with Gasteiger partial charge < -0.3 is 24.3 Å². The molecule has 1 N–H and O–H groups in total. The zero-order valence-corrected chi connectivity index (χ0v) is 21.6. The van der Waals surface area contributed by atoms with Crippen LogP contribution in [0.1, 0.15) is 35.6 Å². The van der Waals surface area contributed by atoms with Crippen molar-refractivity contribution in [2.75, 3.05) is 30.4 Å². The number of fused-ring (bicyclic) bond motifs is 1. The quantitative estimate of drug-likeness (QED) is 0.288. The van der Waals surface area contributed by atoms with Crippen LogP contribution in [0, 0.1) is 0 Å². The van der Waals surface area contributed by atoms with E-state index in [4.69, 9.17) is 26.3 Å². The Bertz CT molecular complexity index is 1500. The highest BCUT2D eigenvalue weighted by Crippen LogP contribution is 2.43. The largest absolute Gasteiger partial charge is 0.573 e. The van der Waals surface area contributed by atoms with Crippen molar-refractivity contribution >= 4 is 29.1 Å². The van der Waals surface area contributed by atoms with E-state index in [9.17, 15) is 13.2 Å². The molecule has 8 nitrogen and oxygen atoms in total. The van der Waals surface area contributed by atoms with Gasteiger partial charge in [-0.25, -0.2) is 9.97 Å². The number of methoxy groups -OCH3 is 1. The first-order valence-corrected chi connectivity index (χ1v) is 12.8. The second-order valence-electron chi connectivity index (χ2n) is 9.40. The van der Waals surface area contributed by atoms with Gasteiger partial charge in [-0.2, -0.15) is 4.98 Å². The first-order valence-electron chi connectivity index (χ1n) is 12.4. The minimum Gasteiger partial charge on any atom is -0.494 e. The standard InChI is InChI=1S/C27H24ClF3N6O2/c1-38-22-13-17(5-10-21(22)37-14-23(28)32-15-37)33-26-34-24-19(8-9-20(24)25(35-26)36-11-2-12-36)16-3-6-18(7-4-16)39-27(29,30)31/h3-7,10,13-15,19H,2,8-9,11-12H2,1H3,(H,33,34,35)/t19-/m1/s1. The van der Waals surface area contributed by atoms with Gasteiger partial charge in [0, 0.05) is 42.5 Å². The maximum absolute atomic E-state index is 12.6. The molecule has 1 fully saturated rings. The highest BCUT2D eigenvalue weighted by atomic mass is 35.5. The Hall–Kier alpha value is -3.99. The summed E-state index contributed by atoms with van der Waals surface area (Å²) in [5.74, 6) is 1.65. The molecule has 202 valence electrons. The zero-order valence-electron chi connectivity index (χ0n) is 20.9. The Morgan fingerprint density at radius 1 is 1.08 bits per heavy atom. The van der Waals surface area contributed by atoms with E-state index in [1.807, 2.05) is 18.2 Å². The van der Waals surface area contributed by atoms with Crippen LogP contribution >= 0.6 is 11.6 Å². The number of imidazole rings is 1. The molecule has 0 radical (unpaired) electrons. The molecule has 0 spiro atoms. The smallest absolute Gasteiger partial charge is 0.494 e. The number of ether oxygens (including phenoxy) is 2. The van der Waals surface area contributed by atoms with Gasteiger partial charge in [0.25, 0.3) is 0 Å². The molecule has 0 amide bonds. The molecule has 0 unspecified atom stereocenters. The van der Waals surface area contributed by atoms with Crippen molar-refractivity contribution < 1.29 is 22.6 Å². The average molecular weight is 557 g/mol. The molecule has 1 saturated heterocycles. The van der Waals surface area contributed by atoms with Crippen LogP contribution in [0.4, 0.5) is 30.6 Å². The summed E-state index contributed by atoms with van der Waals surface area (Å²) in [6.07, 6.45) is 1.26. The molecule has 4 aromatic rings. The molecule has 0 bridgehead atoms. The third kappa shape index (κ3) is 5.18. The topological polar surface area (TPSA) is 77.3 Å². The Labute approximate surface area is 227 Å². The van der Waals surface area contributed by atoms with Gasteiger partial charge in [0.15, 0.2) is 0 Å². The lowest BCUT2D eigenvalue weighted by Crippen LogP contribution is -2.38. The summed E-state index contributed by atoms with van der Waals surface area (Å²) in [7, 11) is 1.59. The van der Waals surface area contributed by atoms with E-state index in [-0.39, 0.29) is 11.7 Å². The van der Waals surface area contributed by atoms with Crippen molar-refractivity contribution in [2.45, 2.75) is 31.5 Å². The number of nitrogens with zero attached hydrogens (tertiary/aromatic N) is 5. The van der Waals surface area contributed by atoms with Crippen molar-refractivity contribution in [3.8, 4) is 17.2 Å². The van der Waals surface area contributed by atoms with Crippen molar-refractivity contribution in [1.29, 1.82) is 0 Å². The molecule has 0 saturated carbocycles. The van der Waals surface area contributed by atoms with E-state index in [0.717, 1.165) is 66.4 Å². The Morgan fingerprint density at radius 3 is 2.51 bits per heavy atom. The molecule has 2 aromatic carbocycles. The van der Waals surface area contributed by atoms with Gasteiger partial charge in [-0.3, -0.25) is 0 Å². The van der Waals surface area contributed by atoms with E-state index >= 15 is 0 Å². The van der Waals surface area contributed by atoms with Gasteiger partial charge >= 0.3 is 6.36 Å². The van der Waals surface area contributed by atoms with Crippen LogP contribution in [0.5, 0.6) is 11.5 Å². The maximum Gasteiger partial charge on any atom is 0.573 e. The summed E-state index contributed by atoms with van der Waals surface area (Å²) < 4.78 is 49.3. The van der Waals surface area contributed by atoms with Crippen LogP contribution in [0.3, 0.4) is 0 Å². The van der Waals surface area contributed by atoms with Crippen molar-refractivity contribution in [3.63, 3.8) is 0 Å². The van der Waals surface area contributed by atoms with Crippen LogP contribution in [-0.4, -0.2) is 46.1 Å². The molecule has 39 heavy (non-hydrogen) atoms. The minimum atomic E-state index is -4.73. The fourth-order valence-electron chi connectivity index (χ4n) is 5.04. The molecule has 12 heteroatoms. The van der Waals surface area contributed by atoms with Gasteiger partial charge in [0.05, 0.1) is 18.5 Å². The first-order chi connectivity index (χ1) is 18.8. The van der Waals surface area contributed by atoms with Gasteiger partial charge in [-0.1, -0.05) is 23.7 Å². The molecule has 2 aromatic heterocycles. The third-order valence-corrected chi connectivity index (χ3v) is 7.16. The van der Waals surface area contributed by atoms with Gasteiger partial charge in [0.2, 0.25) is 5.95 Å². The minimum absolute atomic E-state index is 0.0635. The molecule has 2 aliphatic rings. The number of hydrogen-bond donors (Lipinski definition) is 1. The van der Waals surface area contributed by atoms with Crippen molar-refractivity contribution in [1.82, 2.24) is 19.5 Å². The molecule has 6 rings (SSSR count). The fourth-order valence-corrected chi connectivity index (χ4v) is 5.19. The number of halogens is 4. The number of nitrogens with one attached hydrogen (secondary N) is 1. The second-order valence-corrected chi connectivity index (χ2v) is 9.79. The number of alkyl halides is 3. The Morgan fingerprint density at radius 2 is 1.87 bits per heavy atom.